The van der Waals surface area contributed by atoms with E-state index in [0.717, 1.165) is 16.9 Å². The number of nitrogens with one attached hydrogen (secondary N) is 3. The van der Waals surface area contributed by atoms with Crippen molar-refractivity contribution in [3.63, 3.8) is 0 Å². The summed E-state index contributed by atoms with van der Waals surface area (Å²) in [6.07, 6.45) is -3.50. The Morgan fingerprint density at radius 2 is 1.96 bits per heavy atom. The van der Waals surface area contributed by atoms with Crippen LogP contribution in [0.4, 0.5) is 18.9 Å². The van der Waals surface area contributed by atoms with Crippen molar-refractivity contribution >= 4 is 23.2 Å². The second-order valence-electron chi connectivity index (χ2n) is 5.31. The summed E-state index contributed by atoms with van der Waals surface area (Å²) in [5.41, 5.74) is 5.31. The van der Waals surface area contributed by atoms with Crippen molar-refractivity contribution in [1.82, 2.24) is 20.6 Å². The van der Waals surface area contributed by atoms with Gasteiger partial charge in [0.1, 0.15) is 6.54 Å². The fourth-order valence-electron chi connectivity index (χ4n) is 1.99. The van der Waals surface area contributed by atoms with E-state index in [1.54, 1.807) is 24.3 Å². The first-order valence-electron chi connectivity index (χ1n) is 7.37. The summed E-state index contributed by atoms with van der Waals surface area (Å²) in [6.45, 7) is 4.72. The number of anilines is 1. The van der Waals surface area contributed by atoms with Gasteiger partial charge in [0.05, 0.1) is 5.70 Å². The lowest BCUT2D eigenvalue weighted by Crippen LogP contribution is -2.38. The number of carbonyl (C=O) groups is 2. The molecule has 0 unspecified atom stereocenters. The second-order valence-corrected chi connectivity index (χ2v) is 5.31. The van der Waals surface area contributed by atoms with E-state index in [1.165, 1.54) is 6.92 Å². The average Bonchev–Trinajstić information content (AvgIpc) is 3.01. The van der Waals surface area contributed by atoms with Gasteiger partial charge in [0, 0.05) is 24.4 Å². The van der Waals surface area contributed by atoms with Crippen LogP contribution in [0.2, 0.25) is 0 Å². The Kier molecular flexibility index (Phi) is 5.65. The monoisotopic (exact) mass is 367 g/mol. The quantitative estimate of drug-likeness (QED) is 0.683. The van der Waals surface area contributed by atoms with Crippen molar-refractivity contribution in [2.24, 2.45) is 0 Å². The molecule has 0 aliphatic heterocycles. The number of alkyl halides is 3. The minimum Gasteiger partial charge on any atom is -0.326 e. The van der Waals surface area contributed by atoms with Gasteiger partial charge in [0.15, 0.2) is 5.69 Å². The van der Waals surface area contributed by atoms with Crippen LogP contribution in [-0.4, -0.2) is 21.6 Å². The summed E-state index contributed by atoms with van der Waals surface area (Å²) >= 11 is 0. The summed E-state index contributed by atoms with van der Waals surface area (Å²) in [7, 11) is 0. The maximum Gasteiger partial charge on any atom is 0.435 e. The lowest BCUT2D eigenvalue weighted by molar-refractivity contribution is -0.141. The standard InChI is InChI=1S/C16H16F3N5O2/c1-10(12-4-3-5-13(8-12)20-11(2)25)21-22-15(26)9-24-7-6-14(23-24)16(17,18)19/h3-8,21H,1,9H2,2H3,(H,20,25)(H,22,26). The molecular formula is C16H16F3N5O2. The molecule has 2 aromatic rings. The van der Waals surface area contributed by atoms with Crippen LogP contribution in [0.25, 0.3) is 5.70 Å². The predicted molar refractivity (Wildman–Crippen MR) is 88.3 cm³/mol. The van der Waals surface area contributed by atoms with E-state index in [0.29, 0.717) is 16.9 Å². The van der Waals surface area contributed by atoms with Crippen LogP contribution in [-0.2, 0) is 22.3 Å². The Hall–Kier alpha value is -3.30. The highest BCUT2D eigenvalue weighted by molar-refractivity contribution is 5.89. The van der Waals surface area contributed by atoms with Crippen molar-refractivity contribution in [1.29, 1.82) is 0 Å². The molecule has 1 heterocycles. The number of amides is 2. The van der Waals surface area contributed by atoms with Gasteiger partial charge in [0.2, 0.25) is 5.91 Å². The third kappa shape index (κ3) is 5.36. The van der Waals surface area contributed by atoms with E-state index < -0.39 is 24.3 Å². The second kappa shape index (κ2) is 7.72. The molecule has 2 amide bonds. The minimum absolute atomic E-state index is 0.230. The first-order valence-corrected chi connectivity index (χ1v) is 7.37. The summed E-state index contributed by atoms with van der Waals surface area (Å²) < 4.78 is 38.3. The number of hydrazine groups is 1. The smallest absolute Gasteiger partial charge is 0.326 e. The topological polar surface area (TPSA) is 88.0 Å². The van der Waals surface area contributed by atoms with Crippen molar-refractivity contribution in [2.45, 2.75) is 19.6 Å². The molecule has 0 radical (unpaired) electrons. The largest absolute Gasteiger partial charge is 0.435 e. The molecular weight excluding hydrogens is 351 g/mol. The van der Waals surface area contributed by atoms with Crippen molar-refractivity contribution in [3.8, 4) is 0 Å². The number of hydrogen-bond donors (Lipinski definition) is 3. The summed E-state index contributed by atoms with van der Waals surface area (Å²) in [5, 5.41) is 5.90. The Balaban J connectivity index is 1.90. The zero-order valence-corrected chi connectivity index (χ0v) is 13.7. The van der Waals surface area contributed by atoms with Gasteiger partial charge in [-0.25, -0.2) is 0 Å². The Labute approximate surface area is 146 Å². The highest BCUT2D eigenvalue weighted by Crippen LogP contribution is 2.27. The highest BCUT2D eigenvalue weighted by atomic mass is 19.4. The SMILES string of the molecule is C=C(NNC(=O)Cn1ccc(C(F)(F)F)n1)c1cccc(NC(C)=O)c1. The number of carbonyl (C=O) groups excluding carboxylic acids is 2. The Morgan fingerprint density at radius 1 is 1.23 bits per heavy atom. The lowest BCUT2D eigenvalue weighted by atomic mass is 10.1. The maximum atomic E-state index is 12.5. The van der Waals surface area contributed by atoms with Crippen molar-refractivity contribution < 1.29 is 22.8 Å². The number of benzene rings is 1. The lowest BCUT2D eigenvalue weighted by Gasteiger charge is -2.12. The number of halogens is 3. The van der Waals surface area contributed by atoms with E-state index in [9.17, 15) is 22.8 Å². The van der Waals surface area contributed by atoms with E-state index >= 15 is 0 Å². The fourth-order valence-corrected chi connectivity index (χ4v) is 1.99. The molecule has 0 aliphatic rings. The first kappa shape index (κ1) is 19.0. The van der Waals surface area contributed by atoms with Crippen LogP contribution in [0.15, 0.2) is 43.1 Å². The van der Waals surface area contributed by atoms with Crippen LogP contribution >= 0.6 is 0 Å². The average molecular weight is 367 g/mol. The van der Waals surface area contributed by atoms with Gasteiger partial charge in [0.25, 0.3) is 5.91 Å². The predicted octanol–water partition coefficient (Wildman–Crippen LogP) is 2.15. The van der Waals surface area contributed by atoms with E-state index in [2.05, 4.69) is 27.8 Å². The minimum atomic E-state index is -4.56. The van der Waals surface area contributed by atoms with E-state index in [-0.39, 0.29) is 5.91 Å². The van der Waals surface area contributed by atoms with Gasteiger partial charge in [-0.1, -0.05) is 18.7 Å². The maximum absolute atomic E-state index is 12.5. The highest BCUT2D eigenvalue weighted by Gasteiger charge is 2.33. The van der Waals surface area contributed by atoms with Gasteiger partial charge < -0.3 is 5.32 Å². The third-order valence-electron chi connectivity index (χ3n) is 3.12. The molecule has 138 valence electrons. The molecule has 2 rings (SSSR count). The number of hydrogen-bond acceptors (Lipinski definition) is 4. The van der Waals surface area contributed by atoms with Gasteiger partial charge in [-0.2, -0.15) is 18.3 Å². The van der Waals surface area contributed by atoms with Gasteiger partial charge in [-0.15, -0.1) is 0 Å². The molecule has 3 N–H and O–H groups in total. The summed E-state index contributed by atoms with van der Waals surface area (Å²) in [4.78, 5) is 22.9. The van der Waals surface area contributed by atoms with Crippen LogP contribution < -0.4 is 16.2 Å². The zero-order valence-electron chi connectivity index (χ0n) is 13.7. The molecule has 0 bridgehead atoms. The van der Waals surface area contributed by atoms with Crippen molar-refractivity contribution in [3.05, 3.63) is 54.4 Å². The zero-order chi connectivity index (χ0) is 19.3. The van der Waals surface area contributed by atoms with Crippen LogP contribution in [0.3, 0.4) is 0 Å². The molecule has 0 fully saturated rings. The van der Waals surface area contributed by atoms with E-state index in [4.69, 9.17) is 0 Å². The van der Waals surface area contributed by atoms with E-state index in [1.807, 2.05) is 0 Å². The van der Waals surface area contributed by atoms with Gasteiger partial charge in [-0.05, 0) is 18.2 Å². The van der Waals surface area contributed by atoms with Crippen LogP contribution in [0, 0.1) is 0 Å². The normalized spacial score (nSPS) is 10.9. The van der Waals surface area contributed by atoms with Gasteiger partial charge in [-0.3, -0.25) is 25.1 Å². The summed E-state index contributed by atoms with van der Waals surface area (Å²) in [5.74, 6) is -0.840. The summed E-state index contributed by atoms with van der Waals surface area (Å²) in [6, 6.07) is 7.51. The Bertz CT molecular complexity index is 829. The first-order chi connectivity index (χ1) is 12.1. The van der Waals surface area contributed by atoms with Crippen LogP contribution in [0.5, 0.6) is 0 Å². The van der Waals surface area contributed by atoms with Crippen molar-refractivity contribution in [2.75, 3.05) is 5.32 Å². The molecule has 0 spiro atoms. The molecule has 0 atom stereocenters. The molecule has 7 nitrogen and oxygen atoms in total. The van der Waals surface area contributed by atoms with Crippen LogP contribution in [0.1, 0.15) is 18.2 Å². The molecule has 0 saturated heterocycles. The fraction of sp³-hybridized carbons (Fsp3) is 0.188. The molecule has 0 aliphatic carbocycles. The molecule has 0 saturated carbocycles. The molecule has 1 aromatic carbocycles. The molecule has 1 aromatic heterocycles. The van der Waals surface area contributed by atoms with Gasteiger partial charge >= 0.3 is 6.18 Å². The Morgan fingerprint density at radius 3 is 2.58 bits per heavy atom. The third-order valence-corrected chi connectivity index (χ3v) is 3.12. The molecule has 10 heteroatoms. The molecule has 26 heavy (non-hydrogen) atoms. The number of rotatable bonds is 6. The number of nitrogens with zero attached hydrogens (tertiary/aromatic N) is 2. The number of aromatic nitrogens is 2.